The van der Waals surface area contributed by atoms with Crippen LogP contribution in [0, 0.1) is 13.8 Å². The average molecular weight is 454 g/mol. The van der Waals surface area contributed by atoms with Crippen molar-refractivity contribution in [3.05, 3.63) is 52.2 Å². The fraction of sp³-hybridized carbons (Fsp3) is 0.261. The Balaban J connectivity index is 1.62. The zero-order valence-corrected chi connectivity index (χ0v) is 19.3. The van der Waals surface area contributed by atoms with Crippen LogP contribution in [0.25, 0.3) is 21.8 Å². The molecule has 0 atom stereocenters. The van der Waals surface area contributed by atoms with E-state index in [1.807, 2.05) is 19.9 Å². The summed E-state index contributed by atoms with van der Waals surface area (Å²) in [5.74, 6) is 2.62. The maximum atomic E-state index is 13.0. The van der Waals surface area contributed by atoms with Gasteiger partial charge in [0.2, 0.25) is 0 Å². The summed E-state index contributed by atoms with van der Waals surface area (Å²) < 4.78 is 21.6. The lowest BCUT2D eigenvalue weighted by atomic mass is 10.1. The van der Waals surface area contributed by atoms with Crippen LogP contribution in [0.4, 0.5) is 0 Å². The van der Waals surface area contributed by atoms with E-state index < -0.39 is 0 Å². The molecule has 0 saturated heterocycles. The lowest BCUT2D eigenvalue weighted by Gasteiger charge is -2.14. The van der Waals surface area contributed by atoms with Gasteiger partial charge in [-0.3, -0.25) is 4.79 Å². The van der Waals surface area contributed by atoms with Crippen LogP contribution in [0.15, 0.2) is 34.9 Å². The number of fused-ring (bicyclic) bond motifs is 1. The van der Waals surface area contributed by atoms with Crippen LogP contribution in [-0.2, 0) is 6.54 Å². The largest absolute Gasteiger partial charge is 0.496 e. The maximum absolute atomic E-state index is 13.0. The third-order valence-electron chi connectivity index (χ3n) is 5.14. The molecule has 0 radical (unpaired) electrons. The summed E-state index contributed by atoms with van der Waals surface area (Å²) in [5, 5.41) is 3.86. The van der Waals surface area contributed by atoms with Crippen molar-refractivity contribution in [3.63, 3.8) is 0 Å². The highest BCUT2D eigenvalue weighted by Crippen LogP contribution is 2.35. The number of ether oxygens (including phenoxy) is 3. The van der Waals surface area contributed by atoms with E-state index in [-0.39, 0.29) is 12.5 Å². The number of thiophene rings is 1. The first-order chi connectivity index (χ1) is 15.5. The summed E-state index contributed by atoms with van der Waals surface area (Å²) in [4.78, 5) is 23.6. The van der Waals surface area contributed by atoms with Gasteiger partial charge in [-0.1, -0.05) is 0 Å². The van der Waals surface area contributed by atoms with Gasteiger partial charge in [0, 0.05) is 23.6 Å². The number of nitrogens with zero attached hydrogens (tertiary/aromatic N) is 2. The molecule has 3 heterocycles. The third kappa shape index (κ3) is 3.87. The minimum atomic E-state index is -0.193. The van der Waals surface area contributed by atoms with Gasteiger partial charge in [0.1, 0.15) is 10.6 Å². The molecule has 0 aliphatic heterocycles. The summed E-state index contributed by atoms with van der Waals surface area (Å²) in [6.45, 7) is 4.08. The topological polar surface area (TPSA) is 95.7 Å². The predicted octanol–water partition coefficient (Wildman–Crippen LogP) is 4.52. The van der Waals surface area contributed by atoms with Crippen LogP contribution < -0.4 is 19.5 Å². The highest BCUT2D eigenvalue weighted by atomic mass is 32.1. The molecule has 8 nitrogen and oxygen atoms in total. The van der Waals surface area contributed by atoms with Crippen molar-refractivity contribution in [2.75, 3.05) is 21.3 Å². The second-order valence-electron chi connectivity index (χ2n) is 7.05. The number of hydrogen-bond donors (Lipinski definition) is 1. The number of nitrogens with one attached hydrogen (secondary N) is 1. The maximum Gasteiger partial charge on any atom is 0.261 e. The first-order valence-corrected chi connectivity index (χ1v) is 10.7. The fourth-order valence-electron chi connectivity index (χ4n) is 3.56. The number of furan rings is 1. The Morgan fingerprint density at radius 1 is 1.06 bits per heavy atom. The summed E-state index contributed by atoms with van der Waals surface area (Å²) in [5.41, 5.74) is 2.43. The molecule has 0 bridgehead atoms. The van der Waals surface area contributed by atoms with Gasteiger partial charge in [-0.2, -0.15) is 0 Å². The fourth-order valence-corrected chi connectivity index (χ4v) is 4.71. The second kappa shape index (κ2) is 8.88. The molecule has 166 valence electrons. The number of carbonyl (C=O) groups excluding carboxylic acids is 1. The molecule has 4 aromatic rings. The zero-order chi connectivity index (χ0) is 22.8. The lowest BCUT2D eigenvalue weighted by Crippen LogP contribution is -2.22. The molecule has 32 heavy (non-hydrogen) atoms. The van der Waals surface area contributed by atoms with Crippen molar-refractivity contribution in [1.29, 1.82) is 0 Å². The SMILES string of the molecule is COc1cc(OC)c(OC)cc1CNC(=O)c1sc2nc(-c3ccco3)nc(C)c2c1C. The highest BCUT2D eigenvalue weighted by Gasteiger charge is 2.21. The van der Waals surface area contributed by atoms with Gasteiger partial charge >= 0.3 is 0 Å². The Hall–Kier alpha value is -3.59. The van der Waals surface area contributed by atoms with Gasteiger partial charge in [0.15, 0.2) is 23.1 Å². The lowest BCUT2D eigenvalue weighted by molar-refractivity contribution is 0.0954. The van der Waals surface area contributed by atoms with E-state index in [1.165, 1.54) is 11.3 Å². The Morgan fingerprint density at radius 2 is 1.78 bits per heavy atom. The molecule has 0 aliphatic rings. The standard InChI is InChI=1S/C23H23N3O5S/c1-12-19-13(2)25-21(15-7-6-8-31-15)26-23(19)32-20(12)22(27)24-11-14-9-17(29-4)18(30-5)10-16(14)28-3/h6-10H,11H2,1-5H3,(H,24,27). The molecule has 3 aromatic heterocycles. The summed E-state index contributed by atoms with van der Waals surface area (Å²) in [6, 6.07) is 7.13. The Bertz CT molecular complexity index is 1280. The van der Waals surface area contributed by atoms with Gasteiger partial charge in [-0.15, -0.1) is 11.3 Å². The monoisotopic (exact) mass is 453 g/mol. The van der Waals surface area contributed by atoms with Gasteiger partial charge < -0.3 is 23.9 Å². The van der Waals surface area contributed by atoms with Crippen LogP contribution >= 0.6 is 11.3 Å². The predicted molar refractivity (Wildman–Crippen MR) is 122 cm³/mol. The van der Waals surface area contributed by atoms with Crippen LogP contribution in [0.5, 0.6) is 17.2 Å². The molecule has 1 amide bonds. The van der Waals surface area contributed by atoms with E-state index >= 15 is 0 Å². The van der Waals surface area contributed by atoms with Crippen LogP contribution in [0.3, 0.4) is 0 Å². The van der Waals surface area contributed by atoms with Crippen molar-refractivity contribution in [1.82, 2.24) is 15.3 Å². The Labute approximate surface area is 189 Å². The molecule has 1 N–H and O–H groups in total. The van der Waals surface area contributed by atoms with Gasteiger partial charge in [-0.25, -0.2) is 9.97 Å². The highest BCUT2D eigenvalue weighted by molar-refractivity contribution is 7.20. The molecule has 4 rings (SSSR count). The van der Waals surface area contributed by atoms with Crippen molar-refractivity contribution in [3.8, 4) is 28.8 Å². The van der Waals surface area contributed by atoms with Crippen molar-refractivity contribution in [2.24, 2.45) is 0 Å². The summed E-state index contributed by atoms with van der Waals surface area (Å²) in [6.07, 6.45) is 1.58. The van der Waals surface area contributed by atoms with Crippen LogP contribution in [0.2, 0.25) is 0 Å². The quantitative estimate of drug-likeness (QED) is 0.439. The van der Waals surface area contributed by atoms with E-state index in [2.05, 4.69) is 15.3 Å². The van der Waals surface area contributed by atoms with E-state index in [0.717, 1.165) is 27.0 Å². The van der Waals surface area contributed by atoms with Gasteiger partial charge in [-0.05, 0) is 37.6 Å². The third-order valence-corrected chi connectivity index (χ3v) is 6.33. The molecule has 0 saturated carbocycles. The number of amides is 1. The van der Waals surface area contributed by atoms with E-state index in [9.17, 15) is 4.79 Å². The van der Waals surface area contributed by atoms with Gasteiger partial charge in [0.05, 0.1) is 38.2 Å². The Kier molecular flexibility index (Phi) is 6.00. The summed E-state index contributed by atoms with van der Waals surface area (Å²) in [7, 11) is 4.69. The second-order valence-corrected chi connectivity index (χ2v) is 8.05. The number of rotatable bonds is 7. The summed E-state index contributed by atoms with van der Waals surface area (Å²) >= 11 is 1.34. The number of benzene rings is 1. The van der Waals surface area contributed by atoms with Crippen molar-refractivity contribution in [2.45, 2.75) is 20.4 Å². The average Bonchev–Trinajstić information content (AvgIpc) is 3.45. The number of hydrogen-bond acceptors (Lipinski definition) is 8. The van der Waals surface area contributed by atoms with Crippen LogP contribution in [-0.4, -0.2) is 37.2 Å². The molecule has 0 unspecified atom stereocenters. The zero-order valence-electron chi connectivity index (χ0n) is 18.4. The number of carbonyl (C=O) groups is 1. The van der Waals surface area contributed by atoms with Crippen molar-refractivity contribution < 1.29 is 23.4 Å². The number of aryl methyl sites for hydroxylation is 2. The number of methoxy groups -OCH3 is 3. The normalized spacial score (nSPS) is 10.9. The number of aromatic nitrogens is 2. The molecule has 0 fully saturated rings. The van der Waals surface area contributed by atoms with Gasteiger partial charge in [0.25, 0.3) is 5.91 Å². The van der Waals surface area contributed by atoms with Crippen molar-refractivity contribution >= 4 is 27.5 Å². The van der Waals surface area contributed by atoms with E-state index in [0.29, 0.717) is 33.7 Å². The minimum absolute atomic E-state index is 0.193. The first-order valence-electron chi connectivity index (χ1n) is 9.85. The molecule has 1 aromatic carbocycles. The molecular formula is C23H23N3O5S. The van der Waals surface area contributed by atoms with E-state index in [1.54, 1.807) is 45.8 Å². The molecule has 9 heteroatoms. The van der Waals surface area contributed by atoms with Crippen LogP contribution in [0.1, 0.15) is 26.5 Å². The van der Waals surface area contributed by atoms with E-state index in [4.69, 9.17) is 18.6 Å². The minimum Gasteiger partial charge on any atom is -0.496 e. The molecule has 0 spiro atoms. The first kappa shape index (κ1) is 21.6. The smallest absolute Gasteiger partial charge is 0.261 e. The Morgan fingerprint density at radius 3 is 2.44 bits per heavy atom. The molecule has 0 aliphatic carbocycles. The molecular weight excluding hydrogens is 430 g/mol.